The molecule has 0 radical (unpaired) electrons. The summed E-state index contributed by atoms with van der Waals surface area (Å²) in [5.41, 5.74) is 1.93. The third-order valence-electron chi connectivity index (χ3n) is 2.65. The lowest BCUT2D eigenvalue weighted by Crippen LogP contribution is -2.13. The van der Waals surface area contributed by atoms with Gasteiger partial charge in [0.2, 0.25) is 0 Å². The van der Waals surface area contributed by atoms with Gasteiger partial charge in [-0.25, -0.2) is 0 Å². The lowest BCUT2D eigenvalue weighted by atomic mass is 10.1. The average molecular weight is 257 g/mol. The number of carbonyl (C=O) groups is 1. The van der Waals surface area contributed by atoms with Gasteiger partial charge in [-0.1, -0.05) is 18.5 Å². The molecule has 0 aliphatic carbocycles. The Morgan fingerprint density at radius 2 is 1.94 bits per heavy atom. The molecule has 1 atom stereocenters. The van der Waals surface area contributed by atoms with E-state index in [0.29, 0.717) is 13.0 Å². The van der Waals surface area contributed by atoms with Crippen LogP contribution >= 0.6 is 11.6 Å². The maximum atomic E-state index is 10.6. The van der Waals surface area contributed by atoms with Gasteiger partial charge >= 0.3 is 5.97 Å². The molecule has 4 heteroatoms. The van der Waals surface area contributed by atoms with Crippen LogP contribution in [0.15, 0.2) is 12.1 Å². The molecule has 94 valence electrons. The Morgan fingerprint density at radius 3 is 2.41 bits per heavy atom. The molecule has 0 saturated heterocycles. The molecular formula is C13H17ClO3. The second kappa shape index (κ2) is 5.92. The summed E-state index contributed by atoms with van der Waals surface area (Å²) in [5, 5.41) is 9.48. The number of ether oxygens (including phenoxy) is 1. The highest BCUT2D eigenvalue weighted by Gasteiger charge is 2.11. The highest BCUT2D eigenvalue weighted by atomic mass is 35.5. The van der Waals surface area contributed by atoms with Gasteiger partial charge < -0.3 is 9.84 Å². The normalized spacial score (nSPS) is 12.2. The number of aryl methyl sites for hydroxylation is 2. The largest absolute Gasteiger partial charge is 0.494 e. The number of carboxylic acids is 1. The molecule has 1 rings (SSSR count). The first-order valence-electron chi connectivity index (χ1n) is 5.54. The van der Waals surface area contributed by atoms with Crippen LogP contribution < -0.4 is 4.74 Å². The van der Waals surface area contributed by atoms with Crippen molar-refractivity contribution in [2.75, 3.05) is 6.61 Å². The zero-order chi connectivity index (χ0) is 13.0. The fraction of sp³-hybridized carbons (Fsp3) is 0.462. The van der Waals surface area contributed by atoms with Gasteiger partial charge in [-0.15, -0.1) is 0 Å². The summed E-state index contributed by atoms with van der Waals surface area (Å²) in [7, 11) is 0. The van der Waals surface area contributed by atoms with E-state index in [1.165, 1.54) is 0 Å². The zero-order valence-corrected chi connectivity index (χ0v) is 11.0. The Hall–Kier alpha value is -1.22. The lowest BCUT2D eigenvalue weighted by Gasteiger charge is -2.11. The van der Waals surface area contributed by atoms with Crippen molar-refractivity contribution in [3.05, 3.63) is 28.3 Å². The molecule has 0 saturated carbocycles. The minimum atomic E-state index is -0.794. The molecule has 3 nitrogen and oxygen atoms in total. The van der Waals surface area contributed by atoms with E-state index < -0.39 is 5.97 Å². The molecule has 0 bridgehead atoms. The number of halogens is 1. The van der Waals surface area contributed by atoms with Gasteiger partial charge in [0.15, 0.2) is 0 Å². The van der Waals surface area contributed by atoms with Crippen LogP contribution in [0.5, 0.6) is 5.75 Å². The van der Waals surface area contributed by atoms with Crippen molar-refractivity contribution in [1.82, 2.24) is 0 Å². The standard InChI is InChI=1S/C13H17ClO3/c1-8(13(15)16)4-5-17-11-6-9(2)12(14)10(3)7-11/h6-8H,4-5H2,1-3H3,(H,15,16). The Kier molecular flexibility index (Phi) is 4.82. The number of hydrogen-bond acceptors (Lipinski definition) is 2. The maximum Gasteiger partial charge on any atom is 0.306 e. The monoisotopic (exact) mass is 256 g/mol. The van der Waals surface area contributed by atoms with Gasteiger partial charge in [0, 0.05) is 5.02 Å². The van der Waals surface area contributed by atoms with Crippen LogP contribution in [0.2, 0.25) is 5.02 Å². The minimum absolute atomic E-state index is 0.385. The van der Waals surface area contributed by atoms with E-state index in [0.717, 1.165) is 21.9 Å². The molecule has 0 amide bonds. The summed E-state index contributed by atoms with van der Waals surface area (Å²) in [6, 6.07) is 3.72. The van der Waals surface area contributed by atoms with Crippen molar-refractivity contribution in [2.24, 2.45) is 5.92 Å². The van der Waals surface area contributed by atoms with Crippen LogP contribution in [0.25, 0.3) is 0 Å². The molecule has 1 aromatic carbocycles. The smallest absolute Gasteiger partial charge is 0.306 e. The highest BCUT2D eigenvalue weighted by molar-refractivity contribution is 6.32. The van der Waals surface area contributed by atoms with Crippen molar-refractivity contribution < 1.29 is 14.6 Å². The molecule has 0 spiro atoms. The van der Waals surface area contributed by atoms with Crippen LogP contribution in [0.4, 0.5) is 0 Å². The van der Waals surface area contributed by atoms with E-state index in [-0.39, 0.29) is 5.92 Å². The zero-order valence-electron chi connectivity index (χ0n) is 10.3. The number of carboxylic acid groups (broad SMARTS) is 1. The first kappa shape index (κ1) is 13.8. The number of rotatable bonds is 5. The number of aliphatic carboxylic acids is 1. The average Bonchev–Trinajstić information content (AvgIpc) is 2.25. The van der Waals surface area contributed by atoms with Gasteiger partial charge in [-0.3, -0.25) is 4.79 Å². The van der Waals surface area contributed by atoms with Gasteiger partial charge in [0.25, 0.3) is 0 Å². The molecule has 0 aliphatic rings. The van der Waals surface area contributed by atoms with Gasteiger partial charge in [-0.2, -0.15) is 0 Å². The Bertz CT molecular complexity index is 392. The SMILES string of the molecule is Cc1cc(OCCC(C)C(=O)O)cc(C)c1Cl. The van der Waals surface area contributed by atoms with Gasteiger partial charge in [0.05, 0.1) is 12.5 Å². The molecule has 1 unspecified atom stereocenters. The third-order valence-corrected chi connectivity index (χ3v) is 3.25. The molecule has 1 aromatic rings. The summed E-state index contributed by atoms with van der Waals surface area (Å²) < 4.78 is 5.52. The fourth-order valence-electron chi connectivity index (χ4n) is 1.47. The van der Waals surface area contributed by atoms with Crippen LogP contribution in [0.3, 0.4) is 0 Å². The van der Waals surface area contributed by atoms with E-state index in [4.69, 9.17) is 21.4 Å². The number of benzene rings is 1. The van der Waals surface area contributed by atoms with E-state index >= 15 is 0 Å². The lowest BCUT2D eigenvalue weighted by molar-refractivity contribution is -0.141. The van der Waals surface area contributed by atoms with Crippen LogP contribution in [0.1, 0.15) is 24.5 Å². The Labute approximate surface area is 106 Å². The van der Waals surface area contributed by atoms with Crippen molar-refractivity contribution in [3.8, 4) is 5.75 Å². The molecule has 17 heavy (non-hydrogen) atoms. The van der Waals surface area contributed by atoms with Crippen molar-refractivity contribution in [3.63, 3.8) is 0 Å². The first-order valence-corrected chi connectivity index (χ1v) is 5.92. The summed E-state index contributed by atoms with van der Waals surface area (Å²) in [6.45, 7) is 5.90. The molecular weight excluding hydrogens is 240 g/mol. The topological polar surface area (TPSA) is 46.5 Å². The molecule has 0 aromatic heterocycles. The molecule has 1 N–H and O–H groups in total. The summed E-state index contributed by atoms with van der Waals surface area (Å²) >= 11 is 6.04. The molecule has 0 heterocycles. The van der Waals surface area contributed by atoms with Crippen molar-refractivity contribution in [2.45, 2.75) is 27.2 Å². The predicted octanol–water partition coefficient (Wildman–Crippen LogP) is 3.45. The van der Waals surface area contributed by atoms with E-state index in [2.05, 4.69) is 0 Å². The fourth-order valence-corrected chi connectivity index (χ4v) is 1.58. The van der Waals surface area contributed by atoms with Crippen LogP contribution in [-0.2, 0) is 4.79 Å². The van der Waals surface area contributed by atoms with Crippen LogP contribution in [0, 0.1) is 19.8 Å². The van der Waals surface area contributed by atoms with Crippen molar-refractivity contribution in [1.29, 1.82) is 0 Å². The highest BCUT2D eigenvalue weighted by Crippen LogP contribution is 2.26. The minimum Gasteiger partial charge on any atom is -0.494 e. The summed E-state index contributed by atoms with van der Waals surface area (Å²) in [6.07, 6.45) is 0.496. The summed E-state index contributed by atoms with van der Waals surface area (Å²) in [5.74, 6) is -0.441. The van der Waals surface area contributed by atoms with Crippen molar-refractivity contribution >= 4 is 17.6 Å². The second-order valence-corrected chi connectivity index (χ2v) is 4.63. The second-order valence-electron chi connectivity index (χ2n) is 4.25. The van der Waals surface area contributed by atoms with Gasteiger partial charge in [-0.05, 0) is 43.5 Å². The first-order chi connectivity index (χ1) is 7.91. The molecule has 0 aliphatic heterocycles. The van der Waals surface area contributed by atoms with Gasteiger partial charge in [0.1, 0.15) is 5.75 Å². The van der Waals surface area contributed by atoms with Crippen LogP contribution in [-0.4, -0.2) is 17.7 Å². The Balaban J connectivity index is 2.56. The molecule has 0 fully saturated rings. The third kappa shape index (κ3) is 3.93. The Morgan fingerprint density at radius 1 is 1.41 bits per heavy atom. The quantitative estimate of drug-likeness (QED) is 0.878. The predicted molar refractivity (Wildman–Crippen MR) is 67.8 cm³/mol. The van der Waals surface area contributed by atoms with E-state index in [9.17, 15) is 4.79 Å². The maximum absolute atomic E-state index is 10.6. The van der Waals surface area contributed by atoms with E-state index in [1.54, 1.807) is 6.92 Å². The summed E-state index contributed by atoms with van der Waals surface area (Å²) in [4.78, 5) is 10.6. The number of hydrogen-bond donors (Lipinski definition) is 1. The van der Waals surface area contributed by atoms with E-state index in [1.807, 2.05) is 26.0 Å².